The van der Waals surface area contributed by atoms with Crippen molar-refractivity contribution in [3.63, 3.8) is 0 Å². The summed E-state index contributed by atoms with van der Waals surface area (Å²) in [5.41, 5.74) is 6.87. The van der Waals surface area contributed by atoms with Crippen molar-refractivity contribution in [2.45, 2.75) is 46.1 Å². The second-order valence-electron chi connectivity index (χ2n) is 5.37. The highest BCUT2D eigenvalue weighted by molar-refractivity contribution is 6.33. The number of benzene rings is 1. The van der Waals surface area contributed by atoms with Crippen LogP contribution in [0, 0.1) is 0 Å². The van der Waals surface area contributed by atoms with E-state index in [0.29, 0.717) is 29.0 Å². The lowest BCUT2D eigenvalue weighted by molar-refractivity contribution is -0.117. The first-order valence-corrected chi connectivity index (χ1v) is 7.94. The summed E-state index contributed by atoms with van der Waals surface area (Å²) in [4.78, 5) is 14.4. The van der Waals surface area contributed by atoms with Crippen molar-refractivity contribution in [2.75, 3.05) is 24.1 Å². The van der Waals surface area contributed by atoms with Crippen molar-refractivity contribution < 1.29 is 4.79 Å². The van der Waals surface area contributed by atoms with Crippen LogP contribution in [0.4, 0.5) is 11.4 Å². The van der Waals surface area contributed by atoms with E-state index < -0.39 is 0 Å². The summed E-state index contributed by atoms with van der Waals surface area (Å²) in [6, 6.07) is 5.47. The molecule has 3 N–H and O–H groups in total. The van der Waals surface area contributed by atoms with E-state index in [-0.39, 0.29) is 5.91 Å². The van der Waals surface area contributed by atoms with Crippen molar-refractivity contribution in [2.24, 2.45) is 0 Å². The molecular weight excluding hydrogens is 286 g/mol. The molecule has 0 spiro atoms. The molecule has 1 aromatic carbocycles. The average molecular weight is 312 g/mol. The number of hydrogen-bond acceptors (Lipinski definition) is 3. The van der Waals surface area contributed by atoms with Gasteiger partial charge in [0.25, 0.3) is 0 Å². The van der Waals surface area contributed by atoms with E-state index in [9.17, 15) is 4.79 Å². The number of nitrogens with one attached hydrogen (secondary N) is 1. The van der Waals surface area contributed by atoms with Crippen molar-refractivity contribution in [3.8, 4) is 0 Å². The number of anilines is 2. The first kappa shape index (κ1) is 17.8. The molecule has 0 bridgehead atoms. The Hall–Kier alpha value is -1.26. The normalized spacial score (nSPS) is 12.4. The van der Waals surface area contributed by atoms with Gasteiger partial charge in [0, 0.05) is 11.7 Å². The molecule has 0 saturated heterocycles. The van der Waals surface area contributed by atoms with Crippen molar-refractivity contribution in [1.29, 1.82) is 0 Å². The predicted molar refractivity (Wildman–Crippen MR) is 90.7 cm³/mol. The number of amides is 1. The maximum atomic E-state index is 12.2. The zero-order chi connectivity index (χ0) is 15.8. The van der Waals surface area contributed by atoms with E-state index in [1.54, 1.807) is 18.2 Å². The summed E-state index contributed by atoms with van der Waals surface area (Å²) in [6.07, 6.45) is 3.24. The average Bonchev–Trinajstić information content (AvgIpc) is 2.46. The molecule has 0 aromatic heterocycles. The summed E-state index contributed by atoms with van der Waals surface area (Å²) in [6.45, 7) is 7.75. The van der Waals surface area contributed by atoms with Gasteiger partial charge < -0.3 is 11.1 Å². The Morgan fingerprint density at radius 2 is 2.14 bits per heavy atom. The molecule has 0 saturated carbocycles. The predicted octanol–water partition coefficient (Wildman–Crippen LogP) is 3.76. The lowest BCUT2D eigenvalue weighted by Gasteiger charge is -2.27. The number of nitrogens with two attached hydrogens (primary N) is 1. The van der Waals surface area contributed by atoms with Crippen molar-refractivity contribution in [3.05, 3.63) is 23.2 Å². The van der Waals surface area contributed by atoms with Crippen LogP contribution < -0.4 is 11.1 Å². The number of nitrogen functional groups attached to an aromatic ring is 1. The summed E-state index contributed by atoms with van der Waals surface area (Å²) in [5, 5.41) is 3.35. The molecule has 4 nitrogen and oxygen atoms in total. The molecule has 118 valence electrons. The maximum absolute atomic E-state index is 12.2. The van der Waals surface area contributed by atoms with E-state index in [0.717, 1.165) is 25.8 Å². The highest BCUT2D eigenvalue weighted by Gasteiger charge is 2.16. The van der Waals surface area contributed by atoms with Crippen molar-refractivity contribution >= 4 is 28.9 Å². The lowest BCUT2D eigenvalue weighted by Crippen LogP contribution is -2.39. The molecule has 0 aliphatic heterocycles. The van der Waals surface area contributed by atoms with Crippen LogP contribution in [-0.2, 0) is 4.79 Å². The van der Waals surface area contributed by atoms with Gasteiger partial charge in [0.15, 0.2) is 0 Å². The van der Waals surface area contributed by atoms with Crippen LogP contribution in [-0.4, -0.2) is 29.9 Å². The molecular formula is C16H26ClN3O. The third-order valence-electron chi connectivity index (χ3n) is 3.62. The summed E-state index contributed by atoms with van der Waals surface area (Å²) >= 11 is 6.07. The fraction of sp³-hybridized carbons (Fsp3) is 0.562. The number of hydrogen-bond donors (Lipinski definition) is 2. The Labute approximate surface area is 132 Å². The topological polar surface area (TPSA) is 58.4 Å². The third-order valence-corrected chi connectivity index (χ3v) is 3.95. The Morgan fingerprint density at radius 3 is 2.76 bits per heavy atom. The van der Waals surface area contributed by atoms with E-state index >= 15 is 0 Å². The van der Waals surface area contributed by atoms with Crippen LogP contribution in [0.1, 0.15) is 40.0 Å². The van der Waals surface area contributed by atoms with Crippen LogP contribution in [0.5, 0.6) is 0 Å². The Morgan fingerprint density at radius 1 is 1.43 bits per heavy atom. The van der Waals surface area contributed by atoms with Gasteiger partial charge in [-0.05, 0) is 44.5 Å². The van der Waals surface area contributed by atoms with Crippen LogP contribution in [0.3, 0.4) is 0 Å². The van der Waals surface area contributed by atoms with E-state index in [2.05, 4.69) is 31.0 Å². The Balaban J connectivity index is 2.66. The van der Waals surface area contributed by atoms with Crippen LogP contribution in [0.15, 0.2) is 18.2 Å². The van der Waals surface area contributed by atoms with Crippen LogP contribution in [0.2, 0.25) is 5.02 Å². The lowest BCUT2D eigenvalue weighted by atomic mass is 10.2. The second-order valence-corrected chi connectivity index (χ2v) is 5.78. The van der Waals surface area contributed by atoms with Crippen LogP contribution in [0.25, 0.3) is 0 Å². The molecule has 1 rings (SSSR count). The number of carbonyl (C=O) groups is 1. The Kier molecular flexibility index (Phi) is 7.54. The van der Waals surface area contributed by atoms with Gasteiger partial charge in [-0.3, -0.25) is 9.69 Å². The molecule has 1 aromatic rings. The fourth-order valence-corrected chi connectivity index (χ4v) is 2.25. The van der Waals surface area contributed by atoms with Gasteiger partial charge in [0.1, 0.15) is 0 Å². The highest BCUT2D eigenvalue weighted by atomic mass is 35.5. The minimum atomic E-state index is -0.0566. The van der Waals surface area contributed by atoms with E-state index in [1.165, 1.54) is 0 Å². The number of halogens is 1. The molecule has 0 radical (unpaired) electrons. The molecule has 1 amide bonds. The monoisotopic (exact) mass is 311 g/mol. The van der Waals surface area contributed by atoms with Gasteiger partial charge in [0.05, 0.1) is 17.3 Å². The summed E-state index contributed by atoms with van der Waals surface area (Å²) in [7, 11) is 0. The molecule has 0 aliphatic carbocycles. The standard InChI is InChI=1S/C16H26ClN3O/c1-4-6-9-20(12(3)5-2)11-16(21)19-15-10-13(18)7-8-14(15)17/h7-8,10,12H,4-6,9,11,18H2,1-3H3,(H,19,21). The molecule has 0 aliphatic rings. The SMILES string of the molecule is CCCCN(CC(=O)Nc1cc(N)ccc1Cl)C(C)CC. The number of rotatable bonds is 8. The minimum Gasteiger partial charge on any atom is -0.399 e. The van der Waals surface area contributed by atoms with Gasteiger partial charge in [0.2, 0.25) is 5.91 Å². The van der Waals surface area contributed by atoms with Crippen molar-refractivity contribution in [1.82, 2.24) is 4.90 Å². The summed E-state index contributed by atoms with van der Waals surface area (Å²) < 4.78 is 0. The van der Waals surface area contributed by atoms with Gasteiger partial charge in [-0.2, -0.15) is 0 Å². The fourth-order valence-electron chi connectivity index (χ4n) is 2.09. The molecule has 21 heavy (non-hydrogen) atoms. The summed E-state index contributed by atoms with van der Waals surface area (Å²) in [5.74, 6) is -0.0566. The Bertz CT molecular complexity index is 465. The second kappa shape index (κ2) is 8.90. The first-order chi connectivity index (χ1) is 9.97. The van der Waals surface area contributed by atoms with Gasteiger partial charge in [-0.15, -0.1) is 0 Å². The molecule has 5 heteroatoms. The van der Waals surface area contributed by atoms with E-state index in [1.807, 2.05) is 0 Å². The third kappa shape index (κ3) is 5.94. The molecule has 1 unspecified atom stereocenters. The first-order valence-electron chi connectivity index (χ1n) is 7.56. The largest absolute Gasteiger partial charge is 0.399 e. The number of unbranched alkanes of at least 4 members (excludes halogenated alkanes) is 1. The van der Waals surface area contributed by atoms with Crippen LogP contribution >= 0.6 is 11.6 Å². The zero-order valence-corrected chi connectivity index (χ0v) is 13.9. The van der Waals surface area contributed by atoms with E-state index in [4.69, 9.17) is 17.3 Å². The molecule has 0 heterocycles. The molecule has 0 fully saturated rings. The molecule has 1 atom stereocenters. The zero-order valence-electron chi connectivity index (χ0n) is 13.2. The van der Waals surface area contributed by atoms with Gasteiger partial charge in [-0.25, -0.2) is 0 Å². The van der Waals surface area contributed by atoms with Gasteiger partial charge in [-0.1, -0.05) is 31.9 Å². The number of carbonyl (C=O) groups excluding carboxylic acids is 1. The number of nitrogens with zero attached hydrogens (tertiary/aromatic N) is 1. The maximum Gasteiger partial charge on any atom is 0.238 e. The minimum absolute atomic E-state index is 0.0566. The smallest absolute Gasteiger partial charge is 0.238 e. The highest BCUT2D eigenvalue weighted by Crippen LogP contribution is 2.24. The van der Waals surface area contributed by atoms with Gasteiger partial charge >= 0.3 is 0 Å². The quantitative estimate of drug-likeness (QED) is 0.719.